The van der Waals surface area contributed by atoms with Crippen LogP contribution in [-0.2, 0) is 14.8 Å². The Hall–Kier alpha value is -1.81. The summed E-state index contributed by atoms with van der Waals surface area (Å²) in [6, 6.07) is 0.675. The number of rotatable bonds is 5. The van der Waals surface area contributed by atoms with Gasteiger partial charge in [-0.25, -0.2) is 12.8 Å². The van der Waals surface area contributed by atoms with Crippen molar-refractivity contribution in [2.24, 2.45) is 5.92 Å². The molecule has 3 unspecified atom stereocenters. The zero-order chi connectivity index (χ0) is 19.1. The summed E-state index contributed by atoms with van der Waals surface area (Å²) in [5.74, 6) is -3.32. The monoisotopic (exact) mass is 393 g/mol. The number of hydrogen-bond acceptors (Lipinski definition) is 4. The van der Waals surface area contributed by atoms with Crippen molar-refractivity contribution < 1.29 is 36.2 Å². The highest BCUT2D eigenvalue weighted by Crippen LogP contribution is 2.43. The average molecular weight is 393 g/mol. The number of aliphatic carboxylic acids is 1. The predicted octanol–water partition coefficient (Wildman–Crippen LogP) is 2.83. The third kappa shape index (κ3) is 3.39. The minimum absolute atomic E-state index is 0.0501. The first-order valence-electron chi connectivity index (χ1n) is 8.22. The summed E-state index contributed by atoms with van der Waals surface area (Å²) in [4.78, 5) is 11.1. The van der Waals surface area contributed by atoms with Crippen LogP contribution in [0, 0.1) is 11.7 Å². The van der Waals surface area contributed by atoms with Gasteiger partial charge in [0.15, 0.2) is 11.6 Å². The Labute approximate surface area is 148 Å². The number of fused-ring (bicyclic) bond motifs is 1. The fraction of sp³-hybridized carbons (Fsp3) is 0.562. The topological polar surface area (TPSA) is 83.9 Å². The molecular formula is C16H18F3NO5S. The van der Waals surface area contributed by atoms with E-state index >= 15 is 0 Å². The van der Waals surface area contributed by atoms with Gasteiger partial charge in [0, 0.05) is 6.04 Å². The standard InChI is InChI=1S/C16H18F3NO5S/c17-11-8-10(5-6-14(11)25-16(18)19)26(23,24)20-12-4-2-1-3-9(12)7-13(20)15(21)22/h5-6,8-9,12-13,16H,1-4,7H2,(H,21,22). The van der Waals surface area contributed by atoms with Crippen LogP contribution in [0.15, 0.2) is 23.1 Å². The summed E-state index contributed by atoms with van der Waals surface area (Å²) in [5.41, 5.74) is 0. The van der Waals surface area contributed by atoms with Gasteiger partial charge in [-0.3, -0.25) is 4.79 Å². The normalized spacial score (nSPS) is 26.7. The summed E-state index contributed by atoms with van der Waals surface area (Å²) >= 11 is 0. The van der Waals surface area contributed by atoms with Crippen LogP contribution in [0.5, 0.6) is 5.75 Å². The number of alkyl halides is 2. The van der Waals surface area contributed by atoms with E-state index in [0.717, 1.165) is 35.7 Å². The van der Waals surface area contributed by atoms with Crippen molar-refractivity contribution in [3.8, 4) is 5.75 Å². The van der Waals surface area contributed by atoms with Gasteiger partial charge in [0.05, 0.1) is 4.90 Å². The molecule has 1 aromatic rings. The highest BCUT2D eigenvalue weighted by atomic mass is 32.2. The number of halogens is 3. The zero-order valence-electron chi connectivity index (χ0n) is 13.6. The van der Waals surface area contributed by atoms with Crippen LogP contribution >= 0.6 is 0 Å². The molecule has 2 fully saturated rings. The third-order valence-corrected chi connectivity index (χ3v) is 6.94. The van der Waals surface area contributed by atoms with E-state index in [1.807, 2.05) is 0 Å². The molecule has 1 saturated heterocycles. The quantitative estimate of drug-likeness (QED) is 0.832. The van der Waals surface area contributed by atoms with Crippen LogP contribution in [0.4, 0.5) is 13.2 Å². The Morgan fingerprint density at radius 1 is 1.27 bits per heavy atom. The number of nitrogens with zero attached hydrogens (tertiary/aromatic N) is 1. The Morgan fingerprint density at radius 2 is 1.96 bits per heavy atom. The molecule has 0 amide bonds. The number of hydrogen-bond donors (Lipinski definition) is 1. The Bertz CT molecular complexity index is 801. The molecule has 2 aliphatic rings. The average Bonchev–Trinajstić information content (AvgIpc) is 2.96. The van der Waals surface area contributed by atoms with E-state index in [0.29, 0.717) is 12.5 Å². The van der Waals surface area contributed by atoms with Gasteiger partial charge in [0.25, 0.3) is 0 Å². The lowest BCUT2D eigenvalue weighted by molar-refractivity contribution is -0.141. The summed E-state index contributed by atoms with van der Waals surface area (Å²) in [6.45, 7) is -3.25. The SMILES string of the molecule is O=C(O)C1CC2CCCCC2N1S(=O)(=O)c1ccc(OC(F)F)c(F)c1. The Balaban J connectivity index is 1.97. The number of ether oxygens (including phenoxy) is 1. The smallest absolute Gasteiger partial charge is 0.387 e. The molecule has 1 aliphatic heterocycles. The fourth-order valence-corrected chi connectivity index (χ4v) is 5.81. The van der Waals surface area contributed by atoms with E-state index in [1.54, 1.807) is 0 Å². The second-order valence-electron chi connectivity index (χ2n) is 6.51. The predicted molar refractivity (Wildman–Crippen MR) is 83.8 cm³/mol. The number of benzene rings is 1. The molecule has 1 aliphatic carbocycles. The molecular weight excluding hydrogens is 375 g/mol. The maximum absolute atomic E-state index is 14.0. The minimum Gasteiger partial charge on any atom is -0.480 e. The van der Waals surface area contributed by atoms with E-state index in [9.17, 15) is 31.5 Å². The van der Waals surface area contributed by atoms with Crippen LogP contribution in [0.2, 0.25) is 0 Å². The van der Waals surface area contributed by atoms with Crippen LogP contribution in [0.1, 0.15) is 32.1 Å². The number of carbonyl (C=O) groups is 1. The van der Waals surface area contributed by atoms with Crippen molar-refractivity contribution >= 4 is 16.0 Å². The van der Waals surface area contributed by atoms with Crippen LogP contribution in [0.25, 0.3) is 0 Å². The fourth-order valence-electron chi connectivity index (χ4n) is 3.93. The van der Waals surface area contributed by atoms with E-state index in [2.05, 4.69) is 4.74 Å². The maximum Gasteiger partial charge on any atom is 0.387 e. The van der Waals surface area contributed by atoms with Gasteiger partial charge in [-0.1, -0.05) is 12.8 Å². The van der Waals surface area contributed by atoms with Crippen molar-refractivity contribution in [3.63, 3.8) is 0 Å². The van der Waals surface area contributed by atoms with Crippen molar-refractivity contribution in [2.45, 2.75) is 55.7 Å². The van der Waals surface area contributed by atoms with Gasteiger partial charge in [-0.15, -0.1) is 0 Å². The van der Waals surface area contributed by atoms with E-state index in [-0.39, 0.29) is 12.3 Å². The van der Waals surface area contributed by atoms with Gasteiger partial charge in [0.2, 0.25) is 10.0 Å². The molecule has 0 aromatic heterocycles. The molecule has 1 aromatic carbocycles. The molecule has 1 saturated carbocycles. The minimum atomic E-state index is -4.30. The summed E-state index contributed by atoms with van der Waals surface area (Å²) in [5, 5.41) is 9.46. The van der Waals surface area contributed by atoms with Crippen molar-refractivity contribution in [1.82, 2.24) is 4.31 Å². The Kier molecular flexibility index (Phi) is 5.16. The molecule has 3 atom stereocenters. The molecule has 6 nitrogen and oxygen atoms in total. The molecule has 1 N–H and O–H groups in total. The molecule has 10 heteroatoms. The van der Waals surface area contributed by atoms with Gasteiger partial charge in [-0.2, -0.15) is 13.1 Å². The lowest BCUT2D eigenvalue weighted by Gasteiger charge is -2.32. The molecule has 3 rings (SSSR count). The second kappa shape index (κ2) is 7.07. The maximum atomic E-state index is 14.0. The van der Waals surface area contributed by atoms with Crippen molar-refractivity contribution in [2.75, 3.05) is 0 Å². The van der Waals surface area contributed by atoms with Gasteiger partial charge in [-0.05, 0) is 43.4 Å². The Morgan fingerprint density at radius 3 is 2.58 bits per heavy atom. The largest absolute Gasteiger partial charge is 0.480 e. The van der Waals surface area contributed by atoms with E-state index in [1.165, 1.54) is 0 Å². The third-order valence-electron chi connectivity index (χ3n) is 5.01. The second-order valence-corrected chi connectivity index (χ2v) is 8.35. The van der Waals surface area contributed by atoms with Gasteiger partial charge >= 0.3 is 12.6 Å². The van der Waals surface area contributed by atoms with E-state index < -0.39 is 51.1 Å². The molecule has 1 heterocycles. The van der Waals surface area contributed by atoms with Gasteiger partial charge < -0.3 is 9.84 Å². The first-order chi connectivity index (χ1) is 12.2. The van der Waals surface area contributed by atoms with Crippen molar-refractivity contribution in [3.05, 3.63) is 24.0 Å². The highest BCUT2D eigenvalue weighted by molar-refractivity contribution is 7.89. The summed E-state index contributed by atoms with van der Waals surface area (Å²) in [6.07, 6.45) is 3.21. The van der Waals surface area contributed by atoms with Crippen LogP contribution in [-0.4, -0.2) is 42.5 Å². The lowest BCUT2D eigenvalue weighted by Crippen LogP contribution is -2.46. The molecule has 26 heavy (non-hydrogen) atoms. The molecule has 0 spiro atoms. The first kappa shape index (κ1) is 19.0. The van der Waals surface area contributed by atoms with Crippen LogP contribution in [0.3, 0.4) is 0 Å². The molecule has 144 valence electrons. The first-order valence-corrected chi connectivity index (χ1v) is 9.66. The summed E-state index contributed by atoms with van der Waals surface area (Å²) < 4.78 is 69.3. The number of carboxylic acid groups (broad SMARTS) is 1. The highest BCUT2D eigenvalue weighted by Gasteiger charge is 2.51. The van der Waals surface area contributed by atoms with Gasteiger partial charge in [0.1, 0.15) is 6.04 Å². The molecule has 0 bridgehead atoms. The van der Waals surface area contributed by atoms with Crippen LogP contribution < -0.4 is 4.74 Å². The molecule has 0 radical (unpaired) electrons. The zero-order valence-corrected chi connectivity index (χ0v) is 14.5. The lowest BCUT2D eigenvalue weighted by atomic mass is 9.85. The number of sulfonamides is 1. The number of carboxylic acids is 1. The van der Waals surface area contributed by atoms with Crippen molar-refractivity contribution in [1.29, 1.82) is 0 Å². The van der Waals surface area contributed by atoms with E-state index in [4.69, 9.17) is 0 Å². The summed E-state index contributed by atoms with van der Waals surface area (Å²) in [7, 11) is -4.30.